The Bertz CT molecular complexity index is 514. The smallest absolute Gasteiger partial charge is 0.168 e. The van der Waals surface area contributed by atoms with E-state index in [0.29, 0.717) is 6.42 Å². The zero-order chi connectivity index (χ0) is 9.54. The fourth-order valence-corrected chi connectivity index (χ4v) is 1.81. The van der Waals surface area contributed by atoms with Crippen molar-refractivity contribution in [2.45, 2.75) is 6.42 Å². The highest BCUT2D eigenvalue weighted by Gasteiger charge is 2.24. The molecule has 0 radical (unpaired) electrons. The van der Waals surface area contributed by atoms with Crippen molar-refractivity contribution in [3.63, 3.8) is 0 Å². The molecule has 68 valence electrons. The Morgan fingerprint density at radius 2 is 2.00 bits per heavy atom. The van der Waals surface area contributed by atoms with Gasteiger partial charge in [-0.3, -0.25) is 4.79 Å². The lowest BCUT2D eigenvalue weighted by molar-refractivity contribution is 0.0992. The summed E-state index contributed by atoms with van der Waals surface area (Å²) in [5.74, 6) is 0.135. The molecule has 1 aromatic heterocycles. The molecule has 3 heteroatoms. The molecule has 14 heavy (non-hydrogen) atoms. The van der Waals surface area contributed by atoms with Gasteiger partial charge in [-0.2, -0.15) is 0 Å². The summed E-state index contributed by atoms with van der Waals surface area (Å²) in [6, 6.07) is 7.49. The summed E-state index contributed by atoms with van der Waals surface area (Å²) in [5, 5.41) is 3.91. The number of nitrogens with zero attached hydrogens (tertiary/aromatic N) is 1. The molecule has 0 amide bonds. The van der Waals surface area contributed by atoms with Gasteiger partial charge in [0.2, 0.25) is 0 Å². The zero-order valence-electron chi connectivity index (χ0n) is 7.36. The molecule has 2 aromatic rings. The van der Waals surface area contributed by atoms with Crippen molar-refractivity contribution in [3.8, 4) is 11.3 Å². The summed E-state index contributed by atoms with van der Waals surface area (Å²) in [4.78, 5) is 11.7. The quantitative estimate of drug-likeness (QED) is 0.631. The zero-order valence-corrected chi connectivity index (χ0v) is 7.36. The fourth-order valence-electron chi connectivity index (χ4n) is 1.81. The van der Waals surface area contributed by atoms with Crippen LogP contribution in [0.4, 0.5) is 0 Å². The minimum atomic E-state index is 0.135. The molecule has 0 fully saturated rings. The minimum absolute atomic E-state index is 0.135. The number of hydrogen-bond donors (Lipinski definition) is 0. The van der Waals surface area contributed by atoms with Crippen LogP contribution in [0.25, 0.3) is 11.3 Å². The minimum Gasteiger partial charge on any atom is -0.364 e. The number of benzene rings is 1. The van der Waals surface area contributed by atoms with Gasteiger partial charge in [-0.15, -0.1) is 0 Å². The van der Waals surface area contributed by atoms with E-state index in [9.17, 15) is 4.79 Å². The first-order chi connectivity index (χ1) is 6.86. The number of rotatable bonds is 0. The lowest BCUT2D eigenvalue weighted by Crippen LogP contribution is -2.10. The number of Topliss-reactive ketones (excluding diaryl/α,β-unsaturated/α-hetero) is 1. The van der Waals surface area contributed by atoms with Crippen LogP contribution < -0.4 is 0 Å². The molecular formula is C11H7NO2. The van der Waals surface area contributed by atoms with Gasteiger partial charge >= 0.3 is 0 Å². The second kappa shape index (κ2) is 2.54. The van der Waals surface area contributed by atoms with E-state index in [0.717, 1.165) is 22.4 Å². The lowest BCUT2D eigenvalue weighted by Gasteiger charge is -2.11. The number of fused-ring (bicyclic) bond motifs is 3. The van der Waals surface area contributed by atoms with E-state index in [4.69, 9.17) is 4.52 Å². The van der Waals surface area contributed by atoms with Crippen molar-refractivity contribution in [1.29, 1.82) is 0 Å². The molecule has 3 nitrogen and oxygen atoms in total. The van der Waals surface area contributed by atoms with E-state index < -0.39 is 0 Å². The number of ketones is 1. The predicted octanol–water partition coefficient (Wildman–Crippen LogP) is 2.08. The standard InChI is InChI=1S/C11H7NO2/c13-10-5-7-6-14-12-11(7)9-4-2-1-3-8(9)10/h1-4,6H,5H2. The van der Waals surface area contributed by atoms with E-state index in [1.807, 2.05) is 24.3 Å². The van der Waals surface area contributed by atoms with E-state index in [1.165, 1.54) is 0 Å². The van der Waals surface area contributed by atoms with Gasteiger partial charge in [0, 0.05) is 23.1 Å². The Kier molecular flexibility index (Phi) is 1.36. The van der Waals surface area contributed by atoms with Gasteiger partial charge < -0.3 is 4.52 Å². The van der Waals surface area contributed by atoms with E-state index in [-0.39, 0.29) is 5.78 Å². The first-order valence-electron chi connectivity index (χ1n) is 4.42. The number of aromatic nitrogens is 1. The monoisotopic (exact) mass is 185 g/mol. The number of carbonyl (C=O) groups excluding carboxylic acids is 1. The largest absolute Gasteiger partial charge is 0.364 e. The molecule has 1 aromatic carbocycles. The van der Waals surface area contributed by atoms with Crippen LogP contribution in [-0.2, 0) is 6.42 Å². The summed E-state index contributed by atoms with van der Waals surface area (Å²) in [5.41, 5.74) is 3.32. The SMILES string of the molecule is O=C1Cc2conc2-c2ccccc21. The van der Waals surface area contributed by atoms with Gasteiger partial charge in [0.15, 0.2) is 5.78 Å². The predicted molar refractivity (Wildman–Crippen MR) is 50.0 cm³/mol. The number of hydrogen-bond acceptors (Lipinski definition) is 3. The van der Waals surface area contributed by atoms with Gasteiger partial charge in [0.25, 0.3) is 0 Å². The van der Waals surface area contributed by atoms with Crippen LogP contribution in [0.2, 0.25) is 0 Å². The molecule has 3 rings (SSSR count). The Morgan fingerprint density at radius 1 is 1.21 bits per heavy atom. The highest BCUT2D eigenvalue weighted by Crippen LogP contribution is 2.31. The molecule has 1 aliphatic rings. The van der Waals surface area contributed by atoms with Crippen LogP contribution >= 0.6 is 0 Å². The lowest BCUT2D eigenvalue weighted by atomic mass is 9.90. The van der Waals surface area contributed by atoms with Gasteiger partial charge in [-0.05, 0) is 0 Å². The maximum Gasteiger partial charge on any atom is 0.168 e. The van der Waals surface area contributed by atoms with E-state index >= 15 is 0 Å². The maximum atomic E-state index is 11.7. The summed E-state index contributed by atoms with van der Waals surface area (Å²) < 4.78 is 4.87. The summed E-state index contributed by atoms with van der Waals surface area (Å²) >= 11 is 0. The van der Waals surface area contributed by atoms with Gasteiger partial charge in [0.1, 0.15) is 12.0 Å². The van der Waals surface area contributed by atoms with Crippen LogP contribution in [0.5, 0.6) is 0 Å². The first-order valence-corrected chi connectivity index (χ1v) is 4.42. The topological polar surface area (TPSA) is 43.1 Å². The Morgan fingerprint density at radius 3 is 2.86 bits per heavy atom. The Labute approximate surface area is 80.3 Å². The van der Waals surface area contributed by atoms with Crippen molar-refractivity contribution in [2.75, 3.05) is 0 Å². The average Bonchev–Trinajstić information content (AvgIpc) is 2.66. The highest BCUT2D eigenvalue weighted by molar-refractivity contribution is 6.06. The van der Waals surface area contributed by atoms with Crippen LogP contribution in [0.15, 0.2) is 35.1 Å². The molecule has 0 N–H and O–H groups in total. The van der Waals surface area contributed by atoms with Crippen molar-refractivity contribution < 1.29 is 9.32 Å². The van der Waals surface area contributed by atoms with Gasteiger partial charge in [-0.1, -0.05) is 29.4 Å². The third-order valence-electron chi connectivity index (χ3n) is 2.48. The van der Waals surface area contributed by atoms with Crippen LogP contribution in [0, 0.1) is 0 Å². The van der Waals surface area contributed by atoms with E-state index in [2.05, 4.69) is 5.16 Å². The van der Waals surface area contributed by atoms with Crippen LogP contribution in [0.3, 0.4) is 0 Å². The molecule has 1 aliphatic carbocycles. The first kappa shape index (κ1) is 7.50. The van der Waals surface area contributed by atoms with Crippen molar-refractivity contribution in [2.24, 2.45) is 0 Å². The van der Waals surface area contributed by atoms with Gasteiger partial charge in [0.05, 0.1) is 0 Å². The Balaban J connectivity index is 2.36. The molecule has 0 bridgehead atoms. The summed E-state index contributed by atoms with van der Waals surface area (Å²) in [6.45, 7) is 0. The molecule has 0 saturated heterocycles. The molecular weight excluding hydrogens is 178 g/mol. The van der Waals surface area contributed by atoms with Crippen molar-refractivity contribution in [3.05, 3.63) is 41.7 Å². The summed E-state index contributed by atoms with van der Waals surface area (Å²) in [7, 11) is 0. The van der Waals surface area contributed by atoms with Crippen LogP contribution in [-0.4, -0.2) is 10.9 Å². The molecule has 0 atom stereocenters. The maximum absolute atomic E-state index is 11.7. The average molecular weight is 185 g/mol. The molecule has 1 heterocycles. The molecule has 0 spiro atoms. The van der Waals surface area contributed by atoms with Gasteiger partial charge in [-0.25, -0.2) is 0 Å². The van der Waals surface area contributed by atoms with Crippen LogP contribution in [0.1, 0.15) is 15.9 Å². The molecule has 0 saturated carbocycles. The third kappa shape index (κ3) is 0.865. The third-order valence-corrected chi connectivity index (χ3v) is 2.48. The Hall–Kier alpha value is -1.90. The normalized spacial score (nSPS) is 13.6. The second-order valence-electron chi connectivity index (χ2n) is 3.33. The van der Waals surface area contributed by atoms with Crippen molar-refractivity contribution >= 4 is 5.78 Å². The molecule has 0 unspecified atom stereocenters. The number of carbonyl (C=O) groups is 1. The fraction of sp³-hybridized carbons (Fsp3) is 0.0909. The summed E-state index contributed by atoms with van der Waals surface area (Å²) in [6.07, 6.45) is 1.94. The highest BCUT2D eigenvalue weighted by atomic mass is 16.5. The van der Waals surface area contributed by atoms with Crippen molar-refractivity contribution in [1.82, 2.24) is 5.16 Å². The van der Waals surface area contributed by atoms with E-state index in [1.54, 1.807) is 6.26 Å². The molecule has 0 aliphatic heterocycles. The second-order valence-corrected chi connectivity index (χ2v) is 3.33.